The van der Waals surface area contributed by atoms with Gasteiger partial charge in [0.1, 0.15) is 17.1 Å². The molecular formula is C19H33IN4O6S. The molecule has 1 aromatic heterocycles. The van der Waals surface area contributed by atoms with E-state index < -0.39 is 16.0 Å². The van der Waals surface area contributed by atoms with Gasteiger partial charge in [-0.3, -0.25) is 4.99 Å². The summed E-state index contributed by atoms with van der Waals surface area (Å²) >= 11 is 0. The fourth-order valence-corrected chi connectivity index (χ4v) is 4.42. The topological polar surface area (TPSA) is 114 Å². The number of guanidine groups is 1. The van der Waals surface area contributed by atoms with Gasteiger partial charge in [-0.15, -0.1) is 24.0 Å². The second-order valence-corrected chi connectivity index (χ2v) is 9.29. The molecule has 0 saturated carbocycles. The van der Waals surface area contributed by atoms with Crippen LogP contribution >= 0.6 is 24.0 Å². The molecule has 178 valence electrons. The Morgan fingerprint density at radius 1 is 1.29 bits per heavy atom. The van der Waals surface area contributed by atoms with E-state index in [0.717, 1.165) is 0 Å². The van der Waals surface area contributed by atoms with Crippen molar-refractivity contribution in [1.29, 1.82) is 0 Å². The van der Waals surface area contributed by atoms with Crippen LogP contribution in [-0.4, -0.2) is 88.4 Å². The SMILES string of the molecule is CN=C(NCc1cc(C(=O)OC)c(C)o1)N1CCN(S(=O)(=O)CCOC(C)C)CC1.I. The molecule has 0 radical (unpaired) electrons. The molecule has 1 fully saturated rings. The molecule has 0 bridgehead atoms. The quantitative estimate of drug-likeness (QED) is 0.216. The van der Waals surface area contributed by atoms with E-state index in [4.69, 9.17) is 13.9 Å². The Morgan fingerprint density at radius 2 is 1.94 bits per heavy atom. The molecule has 1 saturated heterocycles. The van der Waals surface area contributed by atoms with Gasteiger partial charge in [-0.25, -0.2) is 13.2 Å². The first kappa shape index (κ1) is 27.7. The van der Waals surface area contributed by atoms with E-state index in [1.165, 1.54) is 11.4 Å². The summed E-state index contributed by atoms with van der Waals surface area (Å²) < 4.78 is 42.1. The fourth-order valence-electron chi connectivity index (χ4n) is 3.14. The van der Waals surface area contributed by atoms with E-state index in [9.17, 15) is 13.2 Å². The van der Waals surface area contributed by atoms with E-state index in [2.05, 4.69) is 10.3 Å². The number of esters is 1. The third-order valence-corrected chi connectivity index (χ3v) is 6.57. The molecular weight excluding hydrogens is 539 g/mol. The van der Waals surface area contributed by atoms with Crippen LogP contribution in [0.15, 0.2) is 15.5 Å². The molecule has 31 heavy (non-hydrogen) atoms. The smallest absolute Gasteiger partial charge is 0.341 e. The second-order valence-electron chi connectivity index (χ2n) is 7.20. The Balaban J connectivity index is 0.00000480. The zero-order valence-corrected chi connectivity index (χ0v) is 21.9. The van der Waals surface area contributed by atoms with Crippen LogP contribution in [0.3, 0.4) is 0 Å². The van der Waals surface area contributed by atoms with Crippen LogP contribution in [0.25, 0.3) is 0 Å². The molecule has 0 aliphatic carbocycles. The van der Waals surface area contributed by atoms with Gasteiger partial charge in [-0.1, -0.05) is 0 Å². The van der Waals surface area contributed by atoms with Crippen molar-refractivity contribution >= 4 is 45.9 Å². The Bertz CT molecular complexity index is 848. The average Bonchev–Trinajstić information content (AvgIpc) is 3.08. The number of nitrogens with zero attached hydrogens (tertiary/aromatic N) is 3. The Hall–Kier alpha value is -1.38. The highest BCUT2D eigenvalue weighted by molar-refractivity contribution is 14.0. The molecule has 0 aromatic carbocycles. The number of rotatable bonds is 8. The summed E-state index contributed by atoms with van der Waals surface area (Å²) in [6.45, 7) is 7.82. The maximum Gasteiger partial charge on any atom is 0.341 e. The molecule has 12 heteroatoms. The largest absolute Gasteiger partial charge is 0.465 e. The van der Waals surface area contributed by atoms with E-state index in [1.807, 2.05) is 18.7 Å². The summed E-state index contributed by atoms with van der Waals surface area (Å²) in [5.74, 6) is 1.26. The molecule has 1 aliphatic heterocycles. The van der Waals surface area contributed by atoms with Gasteiger partial charge < -0.3 is 24.1 Å². The molecule has 1 aliphatic rings. The number of piperazine rings is 1. The first-order valence-electron chi connectivity index (χ1n) is 9.90. The predicted molar refractivity (Wildman–Crippen MR) is 128 cm³/mol. The molecule has 0 unspecified atom stereocenters. The molecule has 2 heterocycles. The first-order chi connectivity index (χ1) is 14.2. The van der Waals surface area contributed by atoms with Gasteiger partial charge in [0.2, 0.25) is 10.0 Å². The number of sulfonamides is 1. The van der Waals surface area contributed by atoms with Crippen LogP contribution < -0.4 is 5.32 Å². The summed E-state index contributed by atoms with van der Waals surface area (Å²) in [6, 6.07) is 1.64. The monoisotopic (exact) mass is 572 g/mol. The maximum atomic E-state index is 12.5. The number of halogens is 1. The van der Waals surface area contributed by atoms with Gasteiger partial charge in [0, 0.05) is 33.2 Å². The van der Waals surface area contributed by atoms with Crippen LogP contribution in [0.2, 0.25) is 0 Å². The van der Waals surface area contributed by atoms with Crippen molar-refractivity contribution in [2.75, 3.05) is 52.7 Å². The number of carbonyl (C=O) groups excluding carboxylic acids is 1. The van der Waals surface area contributed by atoms with Crippen molar-refractivity contribution in [3.8, 4) is 0 Å². The predicted octanol–water partition coefficient (Wildman–Crippen LogP) is 1.44. The summed E-state index contributed by atoms with van der Waals surface area (Å²) in [6.07, 6.45) is 0.00749. The minimum absolute atomic E-state index is 0. The number of methoxy groups -OCH3 is 1. The van der Waals surface area contributed by atoms with E-state index in [0.29, 0.717) is 55.8 Å². The van der Waals surface area contributed by atoms with Gasteiger partial charge in [-0.05, 0) is 26.8 Å². The van der Waals surface area contributed by atoms with Crippen LogP contribution in [0.1, 0.15) is 35.7 Å². The van der Waals surface area contributed by atoms with Gasteiger partial charge in [0.15, 0.2) is 5.96 Å². The maximum absolute atomic E-state index is 12.5. The normalized spacial score (nSPS) is 15.7. The molecule has 0 atom stereocenters. The molecule has 0 spiro atoms. The molecule has 1 aromatic rings. The van der Waals surface area contributed by atoms with Crippen LogP contribution in [0.4, 0.5) is 0 Å². The lowest BCUT2D eigenvalue weighted by Crippen LogP contribution is -2.54. The molecule has 1 N–H and O–H groups in total. The molecule has 2 rings (SSSR count). The van der Waals surface area contributed by atoms with Gasteiger partial charge in [0.25, 0.3) is 0 Å². The van der Waals surface area contributed by atoms with Gasteiger partial charge >= 0.3 is 5.97 Å². The summed E-state index contributed by atoms with van der Waals surface area (Å²) in [5, 5.41) is 3.20. The number of carbonyl (C=O) groups is 1. The lowest BCUT2D eigenvalue weighted by Gasteiger charge is -2.35. The molecule has 10 nitrogen and oxygen atoms in total. The molecule has 0 amide bonds. The highest BCUT2D eigenvalue weighted by atomic mass is 127. The number of hydrogen-bond donors (Lipinski definition) is 1. The van der Waals surface area contributed by atoms with Crippen LogP contribution in [0.5, 0.6) is 0 Å². The summed E-state index contributed by atoms with van der Waals surface area (Å²) in [7, 11) is -0.346. The van der Waals surface area contributed by atoms with E-state index in [-0.39, 0.29) is 42.4 Å². The number of hydrogen-bond acceptors (Lipinski definition) is 7. The number of nitrogens with one attached hydrogen (secondary N) is 1. The number of aliphatic imine (C=N–C) groups is 1. The number of ether oxygens (including phenoxy) is 2. The van der Waals surface area contributed by atoms with Gasteiger partial charge in [0.05, 0.1) is 32.1 Å². The summed E-state index contributed by atoms with van der Waals surface area (Å²) in [4.78, 5) is 18.0. The first-order valence-corrected chi connectivity index (χ1v) is 11.5. The highest BCUT2D eigenvalue weighted by Gasteiger charge is 2.28. The van der Waals surface area contributed by atoms with Crippen molar-refractivity contribution < 1.29 is 27.1 Å². The average molecular weight is 572 g/mol. The van der Waals surface area contributed by atoms with E-state index >= 15 is 0 Å². The Labute approximate surface area is 201 Å². The minimum Gasteiger partial charge on any atom is -0.465 e. The number of furan rings is 1. The zero-order valence-electron chi connectivity index (χ0n) is 18.7. The third-order valence-electron chi connectivity index (χ3n) is 4.73. The lowest BCUT2D eigenvalue weighted by molar-refractivity contribution is 0.0598. The Morgan fingerprint density at radius 3 is 2.48 bits per heavy atom. The Kier molecular flexibility index (Phi) is 11.2. The van der Waals surface area contributed by atoms with Crippen molar-refractivity contribution in [2.24, 2.45) is 4.99 Å². The summed E-state index contributed by atoms with van der Waals surface area (Å²) in [5.41, 5.74) is 0.393. The standard InChI is InChI=1S/C19H32N4O6S.HI/c1-14(2)28-10-11-30(25,26)23-8-6-22(7-9-23)19(20-4)21-13-16-12-17(15(3)29-16)18(24)27-5;/h12,14H,6-11,13H2,1-5H3,(H,20,21);1H. The second kappa shape index (κ2) is 12.6. The van der Waals surface area contributed by atoms with Crippen molar-refractivity contribution in [1.82, 2.24) is 14.5 Å². The van der Waals surface area contributed by atoms with Crippen molar-refractivity contribution in [3.63, 3.8) is 0 Å². The van der Waals surface area contributed by atoms with E-state index in [1.54, 1.807) is 20.0 Å². The highest BCUT2D eigenvalue weighted by Crippen LogP contribution is 2.16. The number of aryl methyl sites for hydroxylation is 1. The van der Waals surface area contributed by atoms with Gasteiger partial charge in [-0.2, -0.15) is 4.31 Å². The van der Waals surface area contributed by atoms with Crippen molar-refractivity contribution in [3.05, 3.63) is 23.2 Å². The van der Waals surface area contributed by atoms with Crippen molar-refractivity contribution in [2.45, 2.75) is 33.4 Å². The fraction of sp³-hybridized carbons (Fsp3) is 0.684. The lowest BCUT2D eigenvalue weighted by atomic mass is 10.2. The van der Waals surface area contributed by atoms with Crippen LogP contribution in [-0.2, 0) is 26.0 Å². The zero-order chi connectivity index (χ0) is 22.3. The van der Waals surface area contributed by atoms with Crippen LogP contribution in [0, 0.1) is 6.92 Å². The minimum atomic E-state index is -3.34. The third kappa shape index (κ3) is 7.91.